The van der Waals surface area contributed by atoms with E-state index in [0.29, 0.717) is 5.75 Å². The highest BCUT2D eigenvalue weighted by Gasteiger charge is 2.28. The number of ether oxygens (including phenoxy) is 1. The summed E-state index contributed by atoms with van der Waals surface area (Å²) in [5, 5.41) is 0. The molecule has 0 aliphatic rings. The van der Waals surface area contributed by atoms with Crippen LogP contribution in [0.1, 0.15) is 25.0 Å². The molecule has 6 nitrogen and oxygen atoms in total. The number of hydrogen-bond donors (Lipinski definition) is 1. The Hall–Kier alpha value is -3.46. The second kappa shape index (κ2) is 9.30. The van der Waals surface area contributed by atoms with Gasteiger partial charge in [0.2, 0.25) is 9.84 Å². The second-order valence-corrected chi connectivity index (χ2v) is 11.8. The smallest absolute Gasteiger partial charge is 0.295 e. The fourth-order valence-corrected chi connectivity index (χ4v) is 6.37. The minimum atomic E-state index is -4.86. The van der Waals surface area contributed by atoms with Crippen molar-refractivity contribution in [3.63, 3.8) is 0 Å². The van der Waals surface area contributed by atoms with Crippen LogP contribution in [0.5, 0.6) is 11.5 Å². The molecule has 4 rings (SSSR count). The highest BCUT2D eigenvalue weighted by Crippen LogP contribution is 2.35. The molecule has 8 heteroatoms. The van der Waals surface area contributed by atoms with Gasteiger partial charge in [-0.1, -0.05) is 74.5 Å². The minimum absolute atomic E-state index is 0.0692. The molecule has 0 radical (unpaired) electrons. The van der Waals surface area contributed by atoms with E-state index >= 15 is 0 Å². The molecule has 0 saturated heterocycles. The Kier molecular flexibility index (Phi) is 6.55. The van der Waals surface area contributed by atoms with E-state index in [4.69, 9.17) is 4.74 Å². The fourth-order valence-electron chi connectivity index (χ4n) is 3.80. The van der Waals surface area contributed by atoms with Crippen LogP contribution in [-0.4, -0.2) is 21.4 Å². The molecule has 0 fully saturated rings. The van der Waals surface area contributed by atoms with Crippen LogP contribution in [0.25, 0.3) is 0 Å². The lowest BCUT2D eigenvalue weighted by atomic mass is 9.78. The van der Waals surface area contributed by atoms with Gasteiger partial charge in [-0.15, -0.1) is 0 Å². The number of benzene rings is 4. The average molecular weight is 509 g/mol. The van der Waals surface area contributed by atoms with E-state index in [9.17, 15) is 21.4 Å². The molecular weight excluding hydrogens is 484 g/mol. The Balaban J connectivity index is 1.66. The van der Waals surface area contributed by atoms with Gasteiger partial charge >= 0.3 is 0 Å². The van der Waals surface area contributed by atoms with E-state index in [2.05, 4.69) is 26.0 Å². The maximum atomic E-state index is 13.0. The Morgan fingerprint density at radius 3 is 1.71 bits per heavy atom. The van der Waals surface area contributed by atoms with Crippen molar-refractivity contribution in [3.8, 4) is 11.5 Å². The summed E-state index contributed by atoms with van der Waals surface area (Å²) in [6.07, 6.45) is 0. The standard InChI is InChI=1S/C27H24O6S2/c1-27(2,20-9-5-3-6-10-20)21-13-15-22(16-14-21)33-23-17-18-25(26(19-23)35(30,31)32)34(28,29)24-11-7-4-8-12-24/h3-19H,1-2H3,(H,30,31,32). The average Bonchev–Trinajstić information content (AvgIpc) is 2.85. The summed E-state index contributed by atoms with van der Waals surface area (Å²) in [4.78, 5) is -1.37. The molecule has 1 N–H and O–H groups in total. The lowest BCUT2D eigenvalue weighted by molar-refractivity contribution is 0.467. The van der Waals surface area contributed by atoms with Crippen LogP contribution < -0.4 is 4.74 Å². The summed E-state index contributed by atoms with van der Waals surface area (Å²) < 4.78 is 65.7. The van der Waals surface area contributed by atoms with Gasteiger partial charge in [0.25, 0.3) is 10.1 Å². The largest absolute Gasteiger partial charge is 0.457 e. The van der Waals surface area contributed by atoms with Crippen LogP contribution in [0, 0.1) is 0 Å². The summed E-state index contributed by atoms with van der Waals surface area (Å²) in [5.41, 5.74) is 1.96. The second-order valence-electron chi connectivity index (χ2n) is 8.52. The maximum absolute atomic E-state index is 13.0. The van der Waals surface area contributed by atoms with Crippen LogP contribution in [0.3, 0.4) is 0 Å². The molecule has 0 aromatic heterocycles. The van der Waals surface area contributed by atoms with Crippen molar-refractivity contribution < 1.29 is 26.1 Å². The Morgan fingerprint density at radius 1 is 0.629 bits per heavy atom. The molecule has 4 aromatic carbocycles. The molecular formula is C27H24O6S2. The molecule has 0 amide bonds. The molecule has 35 heavy (non-hydrogen) atoms. The molecule has 0 saturated carbocycles. The fraction of sp³-hybridized carbons (Fsp3) is 0.111. The SMILES string of the molecule is CC(C)(c1ccccc1)c1ccc(Oc2ccc(S(=O)(=O)c3ccccc3)c(S(=O)(=O)O)c2)cc1. The lowest BCUT2D eigenvalue weighted by Gasteiger charge is -2.26. The Morgan fingerprint density at radius 2 is 1.14 bits per heavy atom. The highest BCUT2D eigenvalue weighted by atomic mass is 32.2. The molecule has 0 aliphatic carbocycles. The van der Waals surface area contributed by atoms with Gasteiger partial charge in [-0.05, 0) is 47.5 Å². The van der Waals surface area contributed by atoms with E-state index in [-0.39, 0.29) is 16.1 Å². The zero-order chi connectivity index (χ0) is 25.3. The third-order valence-corrected chi connectivity index (χ3v) is 8.69. The summed E-state index contributed by atoms with van der Waals surface area (Å²) >= 11 is 0. The van der Waals surface area contributed by atoms with E-state index < -0.39 is 29.7 Å². The van der Waals surface area contributed by atoms with E-state index in [1.165, 1.54) is 30.3 Å². The van der Waals surface area contributed by atoms with Crippen LogP contribution in [0.4, 0.5) is 0 Å². The molecule has 0 spiro atoms. The topological polar surface area (TPSA) is 97.7 Å². The third-order valence-electron chi connectivity index (χ3n) is 5.84. The van der Waals surface area contributed by atoms with Gasteiger partial charge < -0.3 is 4.74 Å². The van der Waals surface area contributed by atoms with Gasteiger partial charge in [-0.3, -0.25) is 4.55 Å². The van der Waals surface area contributed by atoms with Crippen molar-refractivity contribution in [1.29, 1.82) is 0 Å². The van der Waals surface area contributed by atoms with Crippen LogP contribution in [0.2, 0.25) is 0 Å². The number of sulfone groups is 1. The Labute approximate surface area is 205 Å². The van der Waals surface area contributed by atoms with Crippen LogP contribution in [-0.2, 0) is 25.4 Å². The summed E-state index contributed by atoms with van der Waals surface area (Å²) in [6, 6.07) is 28.3. The zero-order valence-electron chi connectivity index (χ0n) is 19.1. The first-order valence-electron chi connectivity index (χ1n) is 10.8. The lowest BCUT2D eigenvalue weighted by Crippen LogP contribution is -2.18. The van der Waals surface area contributed by atoms with Gasteiger partial charge in [-0.25, -0.2) is 8.42 Å². The first kappa shape index (κ1) is 24.7. The number of hydrogen-bond acceptors (Lipinski definition) is 5. The van der Waals surface area contributed by atoms with Gasteiger partial charge in [0.15, 0.2) is 0 Å². The predicted molar refractivity (Wildman–Crippen MR) is 133 cm³/mol. The molecule has 0 aliphatic heterocycles. The molecule has 0 bridgehead atoms. The predicted octanol–water partition coefficient (Wildman–Crippen LogP) is 5.88. The van der Waals surface area contributed by atoms with Crippen molar-refractivity contribution in [2.45, 2.75) is 33.9 Å². The Bertz CT molecular complexity index is 1540. The summed E-state index contributed by atoms with van der Waals surface area (Å²) in [5.74, 6) is 0.497. The monoisotopic (exact) mass is 508 g/mol. The maximum Gasteiger partial charge on any atom is 0.295 e. The summed E-state index contributed by atoms with van der Waals surface area (Å²) in [7, 11) is -9.04. The number of rotatable bonds is 7. The quantitative estimate of drug-likeness (QED) is 0.313. The van der Waals surface area contributed by atoms with Gasteiger partial charge in [0, 0.05) is 11.5 Å². The van der Waals surface area contributed by atoms with Gasteiger partial charge in [-0.2, -0.15) is 8.42 Å². The minimum Gasteiger partial charge on any atom is -0.457 e. The first-order valence-corrected chi connectivity index (χ1v) is 13.7. The van der Waals surface area contributed by atoms with Gasteiger partial charge in [0.05, 0.1) is 9.79 Å². The highest BCUT2D eigenvalue weighted by molar-refractivity contribution is 7.92. The van der Waals surface area contributed by atoms with Crippen molar-refractivity contribution in [2.24, 2.45) is 0 Å². The van der Waals surface area contributed by atoms with Crippen molar-refractivity contribution in [3.05, 3.63) is 114 Å². The van der Waals surface area contributed by atoms with E-state index in [1.54, 1.807) is 18.2 Å². The normalized spacial score (nSPS) is 12.3. The summed E-state index contributed by atoms with van der Waals surface area (Å²) in [6.45, 7) is 4.23. The van der Waals surface area contributed by atoms with E-state index in [1.807, 2.05) is 30.3 Å². The van der Waals surface area contributed by atoms with Crippen molar-refractivity contribution >= 4 is 20.0 Å². The molecule has 0 atom stereocenters. The zero-order valence-corrected chi connectivity index (χ0v) is 20.8. The first-order chi connectivity index (χ1) is 16.5. The third kappa shape index (κ3) is 5.14. The van der Waals surface area contributed by atoms with Crippen molar-refractivity contribution in [2.75, 3.05) is 0 Å². The molecule has 0 unspecified atom stereocenters. The van der Waals surface area contributed by atoms with Crippen LogP contribution >= 0.6 is 0 Å². The van der Waals surface area contributed by atoms with Crippen LogP contribution in [0.15, 0.2) is 118 Å². The molecule has 0 heterocycles. The van der Waals surface area contributed by atoms with Gasteiger partial charge in [0.1, 0.15) is 16.4 Å². The molecule has 4 aromatic rings. The van der Waals surface area contributed by atoms with E-state index in [0.717, 1.165) is 23.3 Å². The molecule has 180 valence electrons. The van der Waals surface area contributed by atoms with Crippen molar-refractivity contribution in [1.82, 2.24) is 0 Å².